The highest BCUT2D eigenvalue weighted by Crippen LogP contribution is 2.66. The first-order valence-corrected chi connectivity index (χ1v) is 15.3. The number of aliphatic hydroxyl groups is 1. The van der Waals surface area contributed by atoms with Gasteiger partial charge in [-0.25, -0.2) is 0 Å². The van der Waals surface area contributed by atoms with Crippen LogP contribution in [0, 0.1) is 40.9 Å². The molecule has 2 N–H and O–H groups in total. The van der Waals surface area contributed by atoms with E-state index < -0.39 is 5.60 Å². The number of hydrogen-bond acceptors (Lipinski definition) is 3. The summed E-state index contributed by atoms with van der Waals surface area (Å²) < 4.78 is 0. The number of carbonyl (C=O) groups is 1. The van der Waals surface area contributed by atoms with E-state index in [-0.39, 0.29) is 5.41 Å². The first-order valence-electron chi connectivity index (χ1n) is 15.3. The second-order valence-electron chi connectivity index (χ2n) is 13.4. The molecule has 0 aliphatic heterocycles. The van der Waals surface area contributed by atoms with Crippen LogP contribution >= 0.6 is 0 Å². The van der Waals surface area contributed by atoms with Crippen molar-refractivity contribution in [1.82, 2.24) is 5.32 Å². The number of carbonyl (C=O) groups excluding carboxylic acids is 1. The standard InChI is InChI=1S/C33H47NO2/c1-3-18-33(36)19-17-30-28-15-11-23-20-26(35)14-16-27(23)31(28)29(21-32(30,33)2)22-9-12-25(13-10-22)34-24-7-5-4-6-8-24/h20,22,24-25,28-30,34,36H,4-17,19,21H2,1-2H3. The van der Waals surface area contributed by atoms with Crippen LogP contribution in [-0.4, -0.2) is 28.6 Å². The van der Waals surface area contributed by atoms with Crippen LogP contribution in [0.25, 0.3) is 0 Å². The normalized spacial score (nSPS) is 43.1. The SMILES string of the molecule is CC#CC1(O)CCC2C3CCC4=CC(=O)CCC4=C3C(C3CCC(NC4CCCCC4)CC3)CC21C. The Hall–Kier alpha value is -1.37. The molecule has 196 valence electrons. The summed E-state index contributed by atoms with van der Waals surface area (Å²) >= 11 is 0. The van der Waals surface area contributed by atoms with Crippen molar-refractivity contribution in [2.45, 2.75) is 134 Å². The Kier molecular flexibility index (Phi) is 6.75. The predicted octanol–water partition coefficient (Wildman–Crippen LogP) is 6.65. The van der Waals surface area contributed by atoms with Gasteiger partial charge in [0.05, 0.1) is 0 Å². The lowest BCUT2D eigenvalue weighted by Gasteiger charge is -2.55. The molecule has 4 saturated carbocycles. The Bertz CT molecular complexity index is 998. The first-order chi connectivity index (χ1) is 17.4. The van der Waals surface area contributed by atoms with Crippen molar-refractivity contribution in [3.63, 3.8) is 0 Å². The molecule has 0 aromatic heterocycles. The number of ketones is 1. The summed E-state index contributed by atoms with van der Waals surface area (Å²) in [4.78, 5) is 12.3. The lowest BCUT2D eigenvalue weighted by molar-refractivity contribution is -0.114. The molecule has 6 aliphatic rings. The van der Waals surface area contributed by atoms with Gasteiger partial charge < -0.3 is 10.4 Å². The zero-order valence-corrected chi connectivity index (χ0v) is 22.7. The third kappa shape index (κ3) is 4.16. The van der Waals surface area contributed by atoms with E-state index in [1.807, 2.05) is 13.0 Å². The third-order valence-corrected chi connectivity index (χ3v) is 11.7. The molecule has 0 amide bonds. The molecular formula is C33H47NO2. The maximum atomic E-state index is 12.3. The van der Waals surface area contributed by atoms with Crippen LogP contribution in [0.15, 0.2) is 22.8 Å². The quantitative estimate of drug-likeness (QED) is 0.436. The molecule has 3 heteroatoms. The molecule has 5 atom stereocenters. The molecule has 0 saturated heterocycles. The van der Waals surface area contributed by atoms with Gasteiger partial charge in [-0.05, 0) is 125 Å². The van der Waals surface area contributed by atoms with Gasteiger partial charge in [0.15, 0.2) is 5.78 Å². The molecule has 0 spiro atoms. The topological polar surface area (TPSA) is 49.3 Å². The van der Waals surface area contributed by atoms with Crippen LogP contribution in [0.5, 0.6) is 0 Å². The number of hydrogen-bond donors (Lipinski definition) is 2. The highest BCUT2D eigenvalue weighted by Gasteiger charge is 2.63. The Morgan fingerprint density at radius 2 is 1.67 bits per heavy atom. The van der Waals surface area contributed by atoms with Crippen LogP contribution in [0.4, 0.5) is 0 Å². The molecule has 6 rings (SSSR count). The van der Waals surface area contributed by atoms with Gasteiger partial charge in [0.25, 0.3) is 0 Å². The maximum Gasteiger partial charge on any atom is 0.156 e. The van der Waals surface area contributed by atoms with Gasteiger partial charge in [-0.3, -0.25) is 4.79 Å². The first kappa shape index (κ1) is 24.9. The van der Waals surface area contributed by atoms with Gasteiger partial charge in [-0.2, -0.15) is 0 Å². The molecule has 0 aromatic carbocycles. The average molecular weight is 490 g/mol. The van der Waals surface area contributed by atoms with Crippen LogP contribution in [0.3, 0.4) is 0 Å². The van der Waals surface area contributed by atoms with Crippen LogP contribution in [-0.2, 0) is 4.79 Å². The van der Waals surface area contributed by atoms with Crippen molar-refractivity contribution in [2.24, 2.45) is 29.1 Å². The van der Waals surface area contributed by atoms with Crippen molar-refractivity contribution >= 4 is 5.78 Å². The number of rotatable bonds is 3. The Morgan fingerprint density at radius 1 is 0.917 bits per heavy atom. The lowest BCUT2D eigenvalue weighted by atomic mass is 9.49. The maximum absolute atomic E-state index is 12.3. The van der Waals surface area contributed by atoms with E-state index >= 15 is 0 Å². The Morgan fingerprint density at radius 3 is 2.42 bits per heavy atom. The van der Waals surface area contributed by atoms with Gasteiger partial charge in [0, 0.05) is 23.9 Å². The summed E-state index contributed by atoms with van der Waals surface area (Å²) in [5.74, 6) is 9.08. The van der Waals surface area contributed by atoms with Crippen LogP contribution < -0.4 is 5.32 Å². The Labute approximate surface area is 219 Å². The third-order valence-electron chi connectivity index (χ3n) is 11.7. The van der Waals surface area contributed by atoms with Crippen LogP contribution in [0.1, 0.15) is 117 Å². The van der Waals surface area contributed by atoms with Gasteiger partial charge >= 0.3 is 0 Å². The van der Waals surface area contributed by atoms with E-state index in [1.165, 1.54) is 63.4 Å². The number of fused-ring (bicyclic) bond motifs is 4. The highest BCUT2D eigenvalue weighted by molar-refractivity contribution is 5.93. The van der Waals surface area contributed by atoms with Gasteiger partial charge in [0.1, 0.15) is 5.60 Å². The molecule has 3 nitrogen and oxygen atoms in total. The summed E-state index contributed by atoms with van der Waals surface area (Å²) in [6, 6.07) is 1.43. The van der Waals surface area contributed by atoms with Crippen molar-refractivity contribution in [1.29, 1.82) is 0 Å². The second kappa shape index (κ2) is 9.74. The van der Waals surface area contributed by atoms with E-state index in [4.69, 9.17) is 0 Å². The van der Waals surface area contributed by atoms with Crippen molar-refractivity contribution in [3.8, 4) is 11.8 Å². The van der Waals surface area contributed by atoms with E-state index in [9.17, 15) is 9.90 Å². The van der Waals surface area contributed by atoms with Gasteiger partial charge in [-0.15, -0.1) is 5.92 Å². The Balaban J connectivity index is 1.29. The van der Waals surface area contributed by atoms with Crippen molar-refractivity contribution < 1.29 is 9.90 Å². The van der Waals surface area contributed by atoms with Gasteiger partial charge in [-0.1, -0.05) is 37.7 Å². The van der Waals surface area contributed by atoms with Crippen molar-refractivity contribution in [2.75, 3.05) is 0 Å². The molecule has 0 heterocycles. The molecule has 5 unspecified atom stereocenters. The number of allylic oxidation sites excluding steroid dienone is 4. The fourth-order valence-corrected chi connectivity index (χ4v) is 9.85. The average Bonchev–Trinajstić information content (AvgIpc) is 3.14. The van der Waals surface area contributed by atoms with E-state index in [2.05, 4.69) is 24.1 Å². The fourth-order valence-electron chi connectivity index (χ4n) is 9.85. The fraction of sp³-hybridized carbons (Fsp3) is 0.788. The van der Waals surface area contributed by atoms with Crippen LogP contribution in [0.2, 0.25) is 0 Å². The molecule has 0 aromatic rings. The lowest BCUT2D eigenvalue weighted by Crippen LogP contribution is -2.53. The monoisotopic (exact) mass is 489 g/mol. The zero-order valence-electron chi connectivity index (χ0n) is 22.7. The molecule has 0 radical (unpaired) electrons. The van der Waals surface area contributed by atoms with Crippen molar-refractivity contribution in [3.05, 3.63) is 22.8 Å². The molecule has 4 fully saturated rings. The second-order valence-corrected chi connectivity index (χ2v) is 13.4. The summed E-state index contributed by atoms with van der Waals surface area (Å²) in [7, 11) is 0. The summed E-state index contributed by atoms with van der Waals surface area (Å²) in [6.45, 7) is 4.27. The molecule has 6 aliphatic carbocycles. The molecular weight excluding hydrogens is 442 g/mol. The van der Waals surface area contributed by atoms with E-state index in [1.54, 1.807) is 11.1 Å². The summed E-state index contributed by atoms with van der Waals surface area (Å²) in [5.41, 5.74) is 3.69. The number of nitrogens with one attached hydrogen (secondary N) is 1. The van der Waals surface area contributed by atoms with Gasteiger partial charge in [0.2, 0.25) is 0 Å². The summed E-state index contributed by atoms with van der Waals surface area (Å²) in [6.07, 6.45) is 21.0. The highest BCUT2D eigenvalue weighted by atomic mass is 16.3. The van der Waals surface area contributed by atoms with E-state index in [0.29, 0.717) is 41.9 Å². The largest absolute Gasteiger partial charge is 0.377 e. The smallest absolute Gasteiger partial charge is 0.156 e. The molecule has 36 heavy (non-hydrogen) atoms. The minimum Gasteiger partial charge on any atom is -0.377 e. The minimum atomic E-state index is -0.848. The predicted molar refractivity (Wildman–Crippen MR) is 145 cm³/mol. The molecule has 0 bridgehead atoms. The summed E-state index contributed by atoms with van der Waals surface area (Å²) in [5, 5.41) is 15.9. The minimum absolute atomic E-state index is 0.127. The van der Waals surface area contributed by atoms with E-state index in [0.717, 1.165) is 44.6 Å². The zero-order chi connectivity index (χ0) is 24.9.